The van der Waals surface area contributed by atoms with E-state index >= 15 is 0 Å². The predicted molar refractivity (Wildman–Crippen MR) is 139 cm³/mol. The number of hydrogen-bond acceptors (Lipinski definition) is 6. The number of carbonyl (C=O) groups is 1. The minimum atomic E-state index is -0.237. The van der Waals surface area contributed by atoms with Crippen molar-refractivity contribution in [2.45, 2.75) is 32.3 Å². The third-order valence-corrected chi connectivity index (χ3v) is 6.39. The number of nitrogens with zero attached hydrogens (tertiary/aromatic N) is 5. The second-order valence-corrected chi connectivity index (χ2v) is 9.27. The zero-order chi connectivity index (χ0) is 24.9. The normalized spacial score (nSPS) is 10.8. The molecule has 4 rings (SSSR count). The van der Waals surface area contributed by atoms with Gasteiger partial charge in [-0.15, -0.1) is 0 Å². The number of amides is 1. The van der Waals surface area contributed by atoms with E-state index in [1.165, 1.54) is 16.3 Å². The molecule has 0 fully saturated rings. The molecular formula is C27H25N5O2S. The molecule has 2 aromatic carbocycles. The molecule has 0 aliphatic carbocycles. The minimum Gasteiger partial charge on any atom is -0.311 e. The van der Waals surface area contributed by atoms with Gasteiger partial charge in [0.1, 0.15) is 5.82 Å². The van der Waals surface area contributed by atoms with Gasteiger partial charge in [0.05, 0.1) is 29.1 Å². The summed E-state index contributed by atoms with van der Waals surface area (Å²) in [7, 11) is 0. The summed E-state index contributed by atoms with van der Waals surface area (Å²) in [5.41, 5.74) is 4.12. The fourth-order valence-corrected chi connectivity index (χ4v) is 4.80. The van der Waals surface area contributed by atoms with Gasteiger partial charge in [0.25, 0.3) is 5.56 Å². The number of benzene rings is 2. The minimum absolute atomic E-state index is 0.0506. The molecule has 0 radical (unpaired) electrons. The number of aryl methyl sites for hydroxylation is 3. The quantitative estimate of drug-likeness (QED) is 0.278. The largest absolute Gasteiger partial charge is 0.311 e. The number of fused-ring (bicyclic) bond motifs is 1. The number of rotatable bonds is 7. The van der Waals surface area contributed by atoms with Crippen LogP contribution in [-0.2, 0) is 4.79 Å². The molecule has 0 atom stereocenters. The zero-order valence-corrected chi connectivity index (χ0v) is 20.7. The predicted octanol–water partition coefficient (Wildman–Crippen LogP) is 4.74. The lowest BCUT2D eigenvalue weighted by atomic mass is 10.1. The number of nitriles is 1. The number of hydrogen-bond donors (Lipinski definition) is 0. The van der Waals surface area contributed by atoms with Crippen LogP contribution in [0.4, 0.5) is 5.69 Å². The first-order chi connectivity index (χ1) is 16.9. The molecular weight excluding hydrogens is 458 g/mol. The van der Waals surface area contributed by atoms with Crippen molar-refractivity contribution in [1.82, 2.24) is 14.5 Å². The topological polar surface area (TPSA) is 91.9 Å². The molecule has 0 bridgehead atoms. The van der Waals surface area contributed by atoms with E-state index in [9.17, 15) is 9.59 Å². The van der Waals surface area contributed by atoms with Crippen LogP contribution in [0.3, 0.4) is 0 Å². The van der Waals surface area contributed by atoms with Gasteiger partial charge in [0, 0.05) is 18.4 Å². The van der Waals surface area contributed by atoms with Crippen LogP contribution in [0.2, 0.25) is 0 Å². The Morgan fingerprint density at radius 1 is 1.06 bits per heavy atom. The molecule has 176 valence electrons. The van der Waals surface area contributed by atoms with Gasteiger partial charge in [-0.05, 0) is 73.9 Å². The molecule has 0 aliphatic heterocycles. The van der Waals surface area contributed by atoms with Crippen LogP contribution in [-0.4, -0.2) is 32.7 Å². The lowest BCUT2D eigenvalue weighted by molar-refractivity contribution is -0.116. The second-order valence-electron chi connectivity index (χ2n) is 8.33. The van der Waals surface area contributed by atoms with Crippen molar-refractivity contribution in [3.63, 3.8) is 0 Å². The molecule has 2 aromatic heterocycles. The van der Waals surface area contributed by atoms with Gasteiger partial charge in [-0.1, -0.05) is 30.0 Å². The Hall–Kier alpha value is -3.96. The van der Waals surface area contributed by atoms with Crippen molar-refractivity contribution in [2.75, 3.05) is 17.2 Å². The summed E-state index contributed by atoms with van der Waals surface area (Å²) < 4.78 is 1.46. The van der Waals surface area contributed by atoms with Gasteiger partial charge in [0.15, 0.2) is 5.16 Å². The average molecular weight is 484 g/mol. The summed E-state index contributed by atoms with van der Waals surface area (Å²) in [6.07, 6.45) is 1.87. The smallest absolute Gasteiger partial charge is 0.267 e. The van der Waals surface area contributed by atoms with Crippen molar-refractivity contribution < 1.29 is 4.79 Å². The maximum absolute atomic E-state index is 13.4. The van der Waals surface area contributed by atoms with E-state index in [1.54, 1.807) is 29.3 Å². The summed E-state index contributed by atoms with van der Waals surface area (Å²) in [6, 6.07) is 18.9. The van der Waals surface area contributed by atoms with Crippen molar-refractivity contribution in [2.24, 2.45) is 0 Å². The van der Waals surface area contributed by atoms with Crippen molar-refractivity contribution in [3.05, 3.63) is 87.8 Å². The SMILES string of the molecule is Cc1cc(C)cc(N(CCC#N)C(=O)CSc2nc3ccccc3c(=O)n2-c2cc(C)ccn2)c1. The van der Waals surface area contributed by atoms with Crippen molar-refractivity contribution >= 4 is 34.3 Å². The Labute approximate surface area is 208 Å². The highest BCUT2D eigenvalue weighted by Crippen LogP contribution is 2.24. The molecule has 0 N–H and O–H groups in total. The monoisotopic (exact) mass is 483 g/mol. The molecule has 0 saturated heterocycles. The summed E-state index contributed by atoms with van der Waals surface area (Å²) >= 11 is 1.19. The van der Waals surface area contributed by atoms with E-state index in [4.69, 9.17) is 10.2 Å². The average Bonchev–Trinajstić information content (AvgIpc) is 2.82. The number of anilines is 1. The third-order valence-electron chi connectivity index (χ3n) is 5.47. The Balaban J connectivity index is 1.71. The van der Waals surface area contributed by atoms with Crippen LogP contribution in [0, 0.1) is 32.1 Å². The van der Waals surface area contributed by atoms with Gasteiger partial charge in [0.2, 0.25) is 5.91 Å². The maximum Gasteiger partial charge on any atom is 0.267 e. The molecule has 7 nitrogen and oxygen atoms in total. The highest BCUT2D eigenvalue weighted by molar-refractivity contribution is 7.99. The fraction of sp³-hybridized carbons (Fsp3) is 0.222. The summed E-state index contributed by atoms with van der Waals surface area (Å²) in [6.45, 7) is 6.17. The molecule has 1 amide bonds. The van der Waals surface area contributed by atoms with Gasteiger partial charge in [-0.25, -0.2) is 14.5 Å². The lowest BCUT2D eigenvalue weighted by Crippen LogP contribution is -2.33. The van der Waals surface area contributed by atoms with E-state index in [-0.39, 0.29) is 30.2 Å². The van der Waals surface area contributed by atoms with Crippen LogP contribution in [0.25, 0.3) is 16.7 Å². The first kappa shape index (κ1) is 24.2. The van der Waals surface area contributed by atoms with Crippen LogP contribution in [0.15, 0.2) is 70.7 Å². The van der Waals surface area contributed by atoms with Crippen molar-refractivity contribution in [1.29, 1.82) is 5.26 Å². The van der Waals surface area contributed by atoms with Gasteiger partial charge >= 0.3 is 0 Å². The fourth-order valence-electron chi connectivity index (χ4n) is 3.92. The summed E-state index contributed by atoms with van der Waals surface area (Å²) in [5.74, 6) is 0.343. The molecule has 35 heavy (non-hydrogen) atoms. The van der Waals surface area contributed by atoms with Gasteiger partial charge in [-0.3, -0.25) is 9.59 Å². The van der Waals surface area contributed by atoms with Crippen molar-refractivity contribution in [3.8, 4) is 11.9 Å². The van der Waals surface area contributed by atoms with Crippen LogP contribution >= 0.6 is 11.8 Å². The summed E-state index contributed by atoms with van der Waals surface area (Å²) in [4.78, 5) is 37.5. The molecule has 2 heterocycles. The number of para-hydroxylation sites is 1. The number of pyridine rings is 1. The zero-order valence-electron chi connectivity index (χ0n) is 19.9. The maximum atomic E-state index is 13.4. The molecule has 8 heteroatoms. The molecule has 0 saturated carbocycles. The highest BCUT2D eigenvalue weighted by atomic mass is 32.2. The molecule has 0 spiro atoms. The Morgan fingerprint density at radius 2 is 1.80 bits per heavy atom. The van der Waals surface area contributed by atoms with E-state index in [2.05, 4.69) is 11.1 Å². The number of carbonyl (C=O) groups excluding carboxylic acids is 1. The first-order valence-corrected chi connectivity index (χ1v) is 12.2. The van der Waals surface area contributed by atoms with E-state index in [1.807, 2.05) is 57.2 Å². The van der Waals surface area contributed by atoms with E-state index in [0.29, 0.717) is 21.9 Å². The van der Waals surface area contributed by atoms with E-state index in [0.717, 1.165) is 22.4 Å². The number of aromatic nitrogens is 3. The number of thioether (sulfide) groups is 1. The third kappa shape index (κ3) is 5.42. The molecule has 0 aliphatic rings. The van der Waals surface area contributed by atoms with Crippen LogP contribution < -0.4 is 10.5 Å². The van der Waals surface area contributed by atoms with Crippen LogP contribution in [0.5, 0.6) is 0 Å². The van der Waals surface area contributed by atoms with Gasteiger partial charge in [-0.2, -0.15) is 5.26 Å². The molecule has 4 aromatic rings. The van der Waals surface area contributed by atoms with Crippen LogP contribution in [0.1, 0.15) is 23.1 Å². The Kier molecular flexibility index (Phi) is 7.28. The summed E-state index contributed by atoms with van der Waals surface area (Å²) in [5, 5.41) is 10.0. The highest BCUT2D eigenvalue weighted by Gasteiger charge is 2.20. The second kappa shape index (κ2) is 10.5. The molecule has 0 unspecified atom stereocenters. The Morgan fingerprint density at radius 3 is 2.51 bits per heavy atom. The Bertz CT molecular complexity index is 1490. The standard InChI is InChI=1S/C27H25N5O2S/c1-18-9-11-29-24(16-18)32-26(34)22-7-4-5-8-23(22)30-27(32)35-17-25(33)31(12-6-10-28)21-14-19(2)13-20(3)15-21/h4-5,7-9,11,13-16H,6,12,17H2,1-3H3. The van der Waals surface area contributed by atoms with E-state index < -0.39 is 0 Å². The first-order valence-electron chi connectivity index (χ1n) is 11.2. The lowest BCUT2D eigenvalue weighted by Gasteiger charge is -2.23. The van der Waals surface area contributed by atoms with Gasteiger partial charge < -0.3 is 4.90 Å².